The summed E-state index contributed by atoms with van der Waals surface area (Å²) in [7, 11) is 0. The van der Waals surface area contributed by atoms with Crippen molar-refractivity contribution in [1.82, 2.24) is 0 Å². The van der Waals surface area contributed by atoms with Crippen molar-refractivity contribution in [2.75, 3.05) is 0 Å². The van der Waals surface area contributed by atoms with Crippen molar-refractivity contribution in [2.24, 2.45) is 35.0 Å². The van der Waals surface area contributed by atoms with Gasteiger partial charge in [0.25, 0.3) is 0 Å². The summed E-state index contributed by atoms with van der Waals surface area (Å²) in [5, 5.41) is 21.1. The van der Waals surface area contributed by atoms with Crippen LogP contribution >= 0.6 is 0 Å². The summed E-state index contributed by atoms with van der Waals surface area (Å²) >= 11 is 0. The molecule has 7 atom stereocenters. The van der Waals surface area contributed by atoms with E-state index in [9.17, 15) is 10.2 Å². The van der Waals surface area contributed by atoms with E-state index < -0.39 is 11.2 Å². The molecule has 3 fully saturated rings. The third-order valence-electron chi connectivity index (χ3n) is 9.66. The summed E-state index contributed by atoms with van der Waals surface area (Å²) in [4.78, 5) is 0. The highest BCUT2D eigenvalue weighted by Crippen LogP contribution is 2.71. The maximum atomic E-state index is 10.6. The highest BCUT2D eigenvalue weighted by Gasteiger charge is 2.67. The van der Waals surface area contributed by atoms with E-state index in [4.69, 9.17) is 0 Å². The average Bonchev–Trinajstić information content (AvgIpc) is 3.13. The Balaban J connectivity index is 0.000000181. The van der Waals surface area contributed by atoms with Gasteiger partial charge in [0.1, 0.15) is 0 Å². The summed E-state index contributed by atoms with van der Waals surface area (Å²) < 4.78 is 0. The lowest BCUT2D eigenvalue weighted by Crippen LogP contribution is -2.35. The lowest BCUT2D eigenvalue weighted by atomic mass is 9.76. The van der Waals surface area contributed by atoms with Crippen molar-refractivity contribution >= 4 is 0 Å². The highest BCUT2D eigenvalue weighted by atomic mass is 16.3. The summed E-state index contributed by atoms with van der Waals surface area (Å²) in [6.45, 7) is 19.5. The number of allylic oxidation sites excluding steroid dienone is 5. The molecule has 2 nitrogen and oxygen atoms in total. The van der Waals surface area contributed by atoms with Gasteiger partial charge in [-0.15, -0.1) is 0 Å². The SMILES string of the molecule is C=C1CC[C@@H]2[C@H]([C@H]3[C@H]1CC[C@]3(C)O)C2(C)C.CC(C)=CCC[C@@](C)(O)[C@H]1CC=C(C)CC1. The first kappa shape index (κ1) is 25.8. The van der Waals surface area contributed by atoms with E-state index in [1.165, 1.54) is 29.6 Å². The van der Waals surface area contributed by atoms with E-state index in [2.05, 4.69) is 60.3 Å². The van der Waals surface area contributed by atoms with Crippen LogP contribution in [0.5, 0.6) is 0 Å². The van der Waals surface area contributed by atoms with Gasteiger partial charge in [-0.2, -0.15) is 0 Å². The fourth-order valence-corrected chi connectivity index (χ4v) is 7.29. The van der Waals surface area contributed by atoms with Crippen LogP contribution in [0.15, 0.2) is 35.5 Å². The van der Waals surface area contributed by atoms with Crippen LogP contribution in [0.3, 0.4) is 0 Å². The van der Waals surface area contributed by atoms with Gasteiger partial charge < -0.3 is 10.2 Å². The number of hydrogen-bond acceptors (Lipinski definition) is 2. The molecule has 0 amide bonds. The van der Waals surface area contributed by atoms with E-state index >= 15 is 0 Å². The largest absolute Gasteiger partial charge is 0.390 e. The second-order valence-corrected chi connectivity index (χ2v) is 12.9. The molecule has 3 saturated carbocycles. The zero-order chi connectivity index (χ0) is 23.9. The van der Waals surface area contributed by atoms with Crippen molar-refractivity contribution in [3.63, 3.8) is 0 Å². The molecule has 32 heavy (non-hydrogen) atoms. The Hall–Kier alpha value is -0.860. The fraction of sp³-hybridized carbons (Fsp3) is 0.800. The Bertz CT molecular complexity index is 747. The van der Waals surface area contributed by atoms with Gasteiger partial charge in [0.2, 0.25) is 0 Å². The molecule has 4 aliphatic carbocycles. The van der Waals surface area contributed by atoms with E-state index in [0.717, 1.165) is 56.8 Å². The molecular weight excluding hydrogens is 392 g/mol. The lowest BCUT2D eigenvalue weighted by molar-refractivity contribution is -0.0122. The number of hydrogen-bond donors (Lipinski definition) is 2. The van der Waals surface area contributed by atoms with Crippen LogP contribution < -0.4 is 0 Å². The Morgan fingerprint density at radius 3 is 2.44 bits per heavy atom. The van der Waals surface area contributed by atoms with Gasteiger partial charge in [-0.05, 0) is 127 Å². The molecule has 0 radical (unpaired) electrons. The van der Waals surface area contributed by atoms with E-state index in [1.54, 1.807) is 0 Å². The Labute approximate surface area is 198 Å². The first-order valence-electron chi connectivity index (χ1n) is 13.2. The summed E-state index contributed by atoms with van der Waals surface area (Å²) in [5.74, 6) is 3.12. The van der Waals surface area contributed by atoms with Crippen LogP contribution in [-0.4, -0.2) is 21.4 Å². The minimum absolute atomic E-state index is 0.436. The molecular formula is C30H50O2. The van der Waals surface area contributed by atoms with E-state index in [-0.39, 0.29) is 0 Å². The Morgan fingerprint density at radius 1 is 1.16 bits per heavy atom. The molecule has 0 saturated heterocycles. The van der Waals surface area contributed by atoms with Gasteiger partial charge >= 0.3 is 0 Å². The minimum atomic E-state index is -0.497. The van der Waals surface area contributed by atoms with Gasteiger partial charge in [-0.1, -0.05) is 49.3 Å². The maximum Gasteiger partial charge on any atom is 0.0656 e. The zero-order valence-electron chi connectivity index (χ0n) is 22.0. The van der Waals surface area contributed by atoms with E-state index in [0.29, 0.717) is 23.2 Å². The molecule has 0 aromatic rings. The third-order valence-corrected chi connectivity index (χ3v) is 9.66. The third kappa shape index (κ3) is 5.44. The second kappa shape index (κ2) is 9.41. The smallest absolute Gasteiger partial charge is 0.0656 e. The average molecular weight is 443 g/mol. The van der Waals surface area contributed by atoms with Crippen molar-refractivity contribution in [3.8, 4) is 0 Å². The zero-order valence-corrected chi connectivity index (χ0v) is 22.0. The van der Waals surface area contributed by atoms with Crippen molar-refractivity contribution < 1.29 is 10.2 Å². The van der Waals surface area contributed by atoms with Gasteiger partial charge in [0, 0.05) is 0 Å². The molecule has 0 aliphatic heterocycles. The molecule has 0 unspecified atom stereocenters. The minimum Gasteiger partial charge on any atom is -0.390 e. The van der Waals surface area contributed by atoms with Gasteiger partial charge in [0.05, 0.1) is 11.2 Å². The van der Waals surface area contributed by atoms with E-state index in [1.807, 2.05) is 6.92 Å². The first-order valence-corrected chi connectivity index (χ1v) is 13.2. The van der Waals surface area contributed by atoms with Crippen molar-refractivity contribution in [1.29, 1.82) is 0 Å². The topological polar surface area (TPSA) is 40.5 Å². The van der Waals surface area contributed by atoms with Crippen LogP contribution in [0, 0.1) is 35.0 Å². The van der Waals surface area contributed by atoms with Crippen LogP contribution in [0.25, 0.3) is 0 Å². The quantitative estimate of drug-likeness (QED) is 0.440. The summed E-state index contributed by atoms with van der Waals surface area (Å²) in [6.07, 6.45) is 14.4. The van der Waals surface area contributed by atoms with Crippen LogP contribution in [0.2, 0.25) is 0 Å². The number of rotatable bonds is 4. The predicted molar refractivity (Wildman–Crippen MR) is 136 cm³/mol. The van der Waals surface area contributed by atoms with Crippen LogP contribution in [0.4, 0.5) is 0 Å². The normalized spacial score (nSPS) is 39.3. The van der Waals surface area contributed by atoms with Crippen molar-refractivity contribution in [3.05, 3.63) is 35.5 Å². The summed E-state index contributed by atoms with van der Waals surface area (Å²) in [5.41, 5.74) is 3.78. The standard InChI is InChI=1S/C15H24O.C15H26O/c1-9-5-6-11-13(14(11,2)3)12-10(9)7-8-15(12,4)16;1-12(2)6-5-11-15(4,16)14-9-7-13(3)8-10-14/h10-13,16H,1,5-8H2,2-4H3;6-7,14,16H,5,8-11H2,1-4H3/t10-,11+,12+,13+,15-;14-,15+/m00/s1. The molecule has 0 spiro atoms. The summed E-state index contributed by atoms with van der Waals surface area (Å²) in [6, 6.07) is 0. The Morgan fingerprint density at radius 2 is 1.84 bits per heavy atom. The molecule has 4 aliphatic rings. The number of fused-ring (bicyclic) bond motifs is 3. The Kier molecular flexibility index (Phi) is 7.58. The van der Waals surface area contributed by atoms with Gasteiger partial charge in [-0.3, -0.25) is 0 Å². The van der Waals surface area contributed by atoms with Crippen LogP contribution in [-0.2, 0) is 0 Å². The highest BCUT2D eigenvalue weighted by molar-refractivity contribution is 5.22. The van der Waals surface area contributed by atoms with Crippen LogP contribution in [0.1, 0.15) is 106 Å². The fourth-order valence-electron chi connectivity index (χ4n) is 7.29. The second-order valence-electron chi connectivity index (χ2n) is 12.9. The molecule has 0 bridgehead atoms. The molecule has 4 rings (SSSR count). The molecule has 182 valence electrons. The first-order chi connectivity index (χ1) is 14.8. The maximum absolute atomic E-state index is 10.6. The molecule has 2 N–H and O–H groups in total. The van der Waals surface area contributed by atoms with Crippen molar-refractivity contribution in [2.45, 2.75) is 117 Å². The predicted octanol–water partition coefficient (Wildman–Crippen LogP) is 7.62. The molecule has 0 heterocycles. The number of aliphatic hydroxyl groups is 2. The monoisotopic (exact) mass is 442 g/mol. The molecule has 2 heteroatoms. The van der Waals surface area contributed by atoms with Gasteiger partial charge in [-0.25, -0.2) is 0 Å². The van der Waals surface area contributed by atoms with Gasteiger partial charge in [0.15, 0.2) is 0 Å². The molecule has 0 aromatic carbocycles. The molecule has 0 aromatic heterocycles. The lowest BCUT2D eigenvalue weighted by Gasteiger charge is -2.34.